The van der Waals surface area contributed by atoms with Crippen LogP contribution in [0.1, 0.15) is 13.3 Å². The van der Waals surface area contributed by atoms with Crippen LogP contribution in [0.5, 0.6) is 0 Å². The van der Waals surface area contributed by atoms with Crippen molar-refractivity contribution in [1.82, 2.24) is 9.55 Å². The summed E-state index contributed by atoms with van der Waals surface area (Å²) in [5.41, 5.74) is 0.782. The molecule has 0 unspecified atom stereocenters. The molecule has 0 saturated heterocycles. The second-order valence-electron chi connectivity index (χ2n) is 2.74. The van der Waals surface area contributed by atoms with E-state index in [0.717, 1.165) is 25.1 Å². The molecule has 0 atom stereocenters. The highest BCUT2D eigenvalue weighted by molar-refractivity contribution is 4.83. The smallest absolute Gasteiger partial charge is 0.224 e. The van der Waals surface area contributed by atoms with Crippen molar-refractivity contribution in [3.05, 3.63) is 36.7 Å². The maximum Gasteiger partial charge on any atom is 0.224 e. The summed E-state index contributed by atoms with van der Waals surface area (Å²) >= 11 is 0. The monoisotopic (exact) mass is 177 g/mol. The Labute approximate surface area is 78.5 Å². The lowest BCUT2D eigenvalue weighted by molar-refractivity contribution is 0.699. The van der Waals surface area contributed by atoms with Crippen LogP contribution in [0.2, 0.25) is 0 Å². The Kier molecular flexibility index (Phi) is 3.96. The first-order valence-corrected chi connectivity index (χ1v) is 4.51. The van der Waals surface area contributed by atoms with Crippen LogP contribution >= 0.6 is 0 Å². The summed E-state index contributed by atoms with van der Waals surface area (Å²) < 4.78 is 1.97. The van der Waals surface area contributed by atoms with Gasteiger partial charge in [-0.15, -0.1) is 6.58 Å². The summed E-state index contributed by atoms with van der Waals surface area (Å²) in [6.07, 6.45) is 6.61. The van der Waals surface area contributed by atoms with E-state index in [1.807, 2.05) is 22.9 Å². The van der Waals surface area contributed by atoms with Gasteiger partial charge in [-0.2, -0.15) is 0 Å². The standard InChI is InChI=1S/C10H15N3/c1-3-6-11-10-12-7-5-9-13(10)8-4-2/h4-5,7,9H,2-3,6,8H2,1H3. The molecule has 13 heavy (non-hydrogen) atoms. The highest BCUT2D eigenvalue weighted by atomic mass is 15.1. The molecular weight excluding hydrogens is 162 g/mol. The number of aromatic nitrogens is 2. The van der Waals surface area contributed by atoms with Crippen molar-refractivity contribution in [2.45, 2.75) is 19.9 Å². The molecule has 0 radical (unpaired) electrons. The molecule has 3 heteroatoms. The minimum atomic E-state index is 0.760. The van der Waals surface area contributed by atoms with Gasteiger partial charge >= 0.3 is 0 Å². The number of nitrogens with zero attached hydrogens (tertiary/aromatic N) is 3. The van der Waals surface area contributed by atoms with Crippen LogP contribution in [-0.2, 0) is 6.54 Å². The normalized spacial score (nSPS) is 11.6. The van der Waals surface area contributed by atoms with Crippen molar-refractivity contribution >= 4 is 0 Å². The van der Waals surface area contributed by atoms with Crippen LogP contribution in [0.25, 0.3) is 0 Å². The molecule has 1 aromatic heterocycles. The second kappa shape index (κ2) is 5.30. The lowest BCUT2D eigenvalue weighted by Gasteiger charge is -2.01. The highest BCUT2D eigenvalue weighted by Crippen LogP contribution is 1.81. The van der Waals surface area contributed by atoms with Crippen molar-refractivity contribution in [2.75, 3.05) is 6.54 Å². The first-order valence-electron chi connectivity index (χ1n) is 4.51. The molecule has 0 aromatic carbocycles. The van der Waals surface area contributed by atoms with Gasteiger partial charge in [0.05, 0.1) is 0 Å². The van der Waals surface area contributed by atoms with Crippen LogP contribution in [0.3, 0.4) is 0 Å². The molecule has 0 N–H and O–H groups in total. The van der Waals surface area contributed by atoms with Crippen LogP contribution < -0.4 is 5.62 Å². The zero-order chi connectivity index (χ0) is 9.52. The topological polar surface area (TPSA) is 30.2 Å². The van der Waals surface area contributed by atoms with Gasteiger partial charge in [0.1, 0.15) is 0 Å². The summed E-state index contributed by atoms with van der Waals surface area (Å²) in [4.78, 5) is 8.53. The van der Waals surface area contributed by atoms with E-state index in [-0.39, 0.29) is 0 Å². The Morgan fingerprint density at radius 1 is 1.69 bits per heavy atom. The molecule has 1 aromatic rings. The summed E-state index contributed by atoms with van der Waals surface area (Å²) in [5.74, 6) is 0. The maximum absolute atomic E-state index is 4.35. The maximum atomic E-state index is 4.35. The van der Waals surface area contributed by atoms with Crippen LogP contribution in [0.15, 0.2) is 36.1 Å². The SMILES string of the molecule is C=CCn1cccnc1=NCCC. The van der Waals surface area contributed by atoms with Crippen molar-refractivity contribution in [1.29, 1.82) is 0 Å². The van der Waals surface area contributed by atoms with Crippen molar-refractivity contribution in [2.24, 2.45) is 4.99 Å². The van der Waals surface area contributed by atoms with E-state index >= 15 is 0 Å². The van der Waals surface area contributed by atoms with Crippen LogP contribution in [0, 0.1) is 0 Å². The average molecular weight is 177 g/mol. The van der Waals surface area contributed by atoms with Gasteiger partial charge in [-0.3, -0.25) is 4.99 Å². The molecule has 1 heterocycles. The first kappa shape index (κ1) is 9.71. The third-order valence-electron chi connectivity index (χ3n) is 1.60. The Bertz CT molecular complexity index is 325. The van der Waals surface area contributed by atoms with E-state index in [4.69, 9.17) is 0 Å². The van der Waals surface area contributed by atoms with Gasteiger partial charge in [-0.05, 0) is 12.5 Å². The lowest BCUT2D eigenvalue weighted by atomic mass is 10.5. The predicted octanol–water partition coefficient (Wildman–Crippen LogP) is 1.38. The molecular formula is C10H15N3. The minimum Gasteiger partial charge on any atom is -0.314 e. The molecule has 0 spiro atoms. The Hall–Kier alpha value is -1.38. The Balaban J connectivity index is 2.96. The number of hydrogen-bond donors (Lipinski definition) is 0. The third kappa shape index (κ3) is 2.86. The van der Waals surface area contributed by atoms with Gasteiger partial charge in [0, 0.05) is 25.5 Å². The van der Waals surface area contributed by atoms with Gasteiger partial charge in [0.15, 0.2) is 0 Å². The minimum absolute atomic E-state index is 0.760. The van der Waals surface area contributed by atoms with Gasteiger partial charge < -0.3 is 4.57 Å². The molecule has 0 bridgehead atoms. The van der Waals surface area contributed by atoms with E-state index in [1.54, 1.807) is 6.20 Å². The second-order valence-corrected chi connectivity index (χ2v) is 2.74. The van der Waals surface area contributed by atoms with Crippen molar-refractivity contribution < 1.29 is 0 Å². The zero-order valence-corrected chi connectivity index (χ0v) is 7.98. The fraction of sp³-hybridized carbons (Fsp3) is 0.400. The van der Waals surface area contributed by atoms with E-state index in [9.17, 15) is 0 Å². The molecule has 70 valence electrons. The number of hydrogen-bond acceptors (Lipinski definition) is 2. The number of rotatable bonds is 4. The quantitative estimate of drug-likeness (QED) is 0.639. The van der Waals surface area contributed by atoms with E-state index in [1.165, 1.54) is 0 Å². The molecule has 0 aliphatic rings. The van der Waals surface area contributed by atoms with E-state index in [2.05, 4.69) is 23.5 Å². The first-order chi connectivity index (χ1) is 6.38. The Morgan fingerprint density at radius 3 is 3.23 bits per heavy atom. The molecule has 0 aliphatic heterocycles. The van der Waals surface area contributed by atoms with Gasteiger partial charge in [0.25, 0.3) is 0 Å². The third-order valence-corrected chi connectivity index (χ3v) is 1.60. The lowest BCUT2D eigenvalue weighted by Crippen LogP contribution is -2.23. The van der Waals surface area contributed by atoms with Gasteiger partial charge in [-0.25, -0.2) is 4.98 Å². The van der Waals surface area contributed by atoms with Gasteiger partial charge in [0.2, 0.25) is 5.62 Å². The number of allylic oxidation sites excluding steroid dienone is 1. The highest BCUT2D eigenvalue weighted by Gasteiger charge is 1.88. The summed E-state index contributed by atoms with van der Waals surface area (Å²) in [6.45, 7) is 7.38. The largest absolute Gasteiger partial charge is 0.314 e. The average Bonchev–Trinajstić information content (AvgIpc) is 2.17. The molecule has 0 amide bonds. The molecule has 0 fully saturated rings. The molecule has 3 nitrogen and oxygen atoms in total. The fourth-order valence-electron chi connectivity index (χ4n) is 1.02. The fourth-order valence-corrected chi connectivity index (χ4v) is 1.02. The Morgan fingerprint density at radius 2 is 2.54 bits per heavy atom. The van der Waals surface area contributed by atoms with E-state index in [0.29, 0.717) is 0 Å². The predicted molar refractivity (Wildman–Crippen MR) is 53.1 cm³/mol. The molecule has 1 rings (SSSR count). The summed E-state index contributed by atoms with van der Waals surface area (Å²) in [5, 5.41) is 0. The zero-order valence-electron chi connectivity index (χ0n) is 7.98. The molecule has 0 saturated carbocycles. The summed E-state index contributed by atoms with van der Waals surface area (Å²) in [6, 6.07) is 1.90. The summed E-state index contributed by atoms with van der Waals surface area (Å²) in [7, 11) is 0. The molecule has 0 aliphatic carbocycles. The van der Waals surface area contributed by atoms with E-state index < -0.39 is 0 Å². The van der Waals surface area contributed by atoms with Gasteiger partial charge in [-0.1, -0.05) is 13.0 Å². The van der Waals surface area contributed by atoms with Crippen LogP contribution in [-0.4, -0.2) is 16.1 Å². The van der Waals surface area contributed by atoms with Crippen molar-refractivity contribution in [3.63, 3.8) is 0 Å². The van der Waals surface area contributed by atoms with Crippen LogP contribution in [0.4, 0.5) is 0 Å². The van der Waals surface area contributed by atoms with Crippen molar-refractivity contribution in [3.8, 4) is 0 Å².